The molecule has 4 rings (SSSR count). The van der Waals surface area contributed by atoms with E-state index in [-0.39, 0.29) is 29.0 Å². The molecule has 26 heavy (non-hydrogen) atoms. The number of aromatic amines is 1. The largest absolute Gasteiger partial charge is 0.481 e. The lowest BCUT2D eigenvalue weighted by molar-refractivity contribution is -0.143. The van der Waals surface area contributed by atoms with Gasteiger partial charge in [-0.3, -0.25) is 19.3 Å². The van der Waals surface area contributed by atoms with Crippen molar-refractivity contribution in [1.82, 2.24) is 29.7 Å². The topological polar surface area (TPSA) is 153 Å². The molecule has 0 atom stereocenters. The third-order valence-corrected chi connectivity index (χ3v) is 4.87. The summed E-state index contributed by atoms with van der Waals surface area (Å²) in [4.78, 5) is 36.9. The summed E-state index contributed by atoms with van der Waals surface area (Å²) in [6, 6.07) is 1.49. The predicted molar refractivity (Wildman–Crippen MR) is 92.2 cm³/mol. The van der Waals surface area contributed by atoms with E-state index in [0.29, 0.717) is 42.5 Å². The number of hydrogen-bond acceptors (Lipinski definition) is 7. The van der Waals surface area contributed by atoms with Crippen LogP contribution < -0.4 is 11.3 Å². The third kappa shape index (κ3) is 2.59. The van der Waals surface area contributed by atoms with Crippen LogP contribution in [0.25, 0.3) is 22.6 Å². The second-order valence-corrected chi connectivity index (χ2v) is 6.38. The highest BCUT2D eigenvalue weighted by Crippen LogP contribution is 2.33. The van der Waals surface area contributed by atoms with Crippen LogP contribution in [-0.2, 0) is 4.79 Å². The van der Waals surface area contributed by atoms with Crippen molar-refractivity contribution in [3.63, 3.8) is 0 Å². The summed E-state index contributed by atoms with van der Waals surface area (Å²) in [7, 11) is 0. The molecule has 0 amide bonds. The van der Waals surface area contributed by atoms with Gasteiger partial charge in [-0.05, 0) is 31.7 Å². The van der Waals surface area contributed by atoms with Gasteiger partial charge in [0.15, 0.2) is 17.2 Å². The SMILES string of the molecule is Nc1ncnc2c1nc(-c1ccn[nH]1)c(=O)n2C1CCC(C(=O)O)CC1. The molecule has 0 radical (unpaired) electrons. The van der Waals surface area contributed by atoms with Crippen LogP contribution in [0.3, 0.4) is 0 Å². The Labute approximate surface area is 147 Å². The van der Waals surface area contributed by atoms with Crippen molar-refractivity contribution in [2.75, 3.05) is 5.73 Å². The van der Waals surface area contributed by atoms with Crippen molar-refractivity contribution in [1.29, 1.82) is 0 Å². The van der Waals surface area contributed by atoms with E-state index in [2.05, 4.69) is 25.1 Å². The normalized spacial score (nSPS) is 20.3. The number of carbonyl (C=O) groups is 1. The first-order valence-corrected chi connectivity index (χ1v) is 8.31. The molecule has 3 aromatic rings. The first-order chi connectivity index (χ1) is 12.6. The van der Waals surface area contributed by atoms with Crippen LogP contribution in [-0.4, -0.2) is 40.8 Å². The lowest BCUT2D eigenvalue weighted by Crippen LogP contribution is -2.32. The van der Waals surface area contributed by atoms with E-state index < -0.39 is 5.97 Å². The highest BCUT2D eigenvalue weighted by molar-refractivity contribution is 5.82. The Morgan fingerprint density at radius 3 is 2.69 bits per heavy atom. The average molecular weight is 355 g/mol. The number of nitrogens with zero attached hydrogens (tertiary/aromatic N) is 5. The van der Waals surface area contributed by atoms with Gasteiger partial charge in [-0.25, -0.2) is 15.0 Å². The number of carboxylic acid groups (broad SMARTS) is 1. The molecule has 134 valence electrons. The highest BCUT2D eigenvalue weighted by atomic mass is 16.4. The molecule has 0 bridgehead atoms. The summed E-state index contributed by atoms with van der Waals surface area (Å²) >= 11 is 0. The monoisotopic (exact) mass is 355 g/mol. The number of nitrogen functional groups attached to an aromatic ring is 1. The quantitative estimate of drug-likeness (QED) is 0.628. The minimum atomic E-state index is -0.792. The van der Waals surface area contributed by atoms with Crippen molar-refractivity contribution in [2.24, 2.45) is 5.92 Å². The molecular weight excluding hydrogens is 338 g/mol. The average Bonchev–Trinajstić information content (AvgIpc) is 3.16. The van der Waals surface area contributed by atoms with Crippen molar-refractivity contribution in [3.05, 3.63) is 28.9 Å². The molecular formula is C16H17N7O3. The molecule has 3 aromatic heterocycles. The van der Waals surface area contributed by atoms with Gasteiger partial charge in [-0.2, -0.15) is 5.10 Å². The first-order valence-electron chi connectivity index (χ1n) is 8.31. The lowest BCUT2D eigenvalue weighted by Gasteiger charge is -2.28. The van der Waals surface area contributed by atoms with E-state index >= 15 is 0 Å². The van der Waals surface area contributed by atoms with Gasteiger partial charge in [0.25, 0.3) is 5.56 Å². The molecule has 0 saturated heterocycles. The molecule has 0 aliphatic heterocycles. The van der Waals surface area contributed by atoms with Crippen molar-refractivity contribution < 1.29 is 9.90 Å². The van der Waals surface area contributed by atoms with Gasteiger partial charge >= 0.3 is 5.97 Å². The molecule has 4 N–H and O–H groups in total. The van der Waals surface area contributed by atoms with Crippen LogP contribution in [0, 0.1) is 5.92 Å². The van der Waals surface area contributed by atoms with Crippen LogP contribution in [0.5, 0.6) is 0 Å². The molecule has 0 unspecified atom stereocenters. The van der Waals surface area contributed by atoms with E-state index in [1.54, 1.807) is 10.6 Å². The molecule has 10 nitrogen and oxygen atoms in total. The predicted octanol–water partition coefficient (Wildman–Crippen LogP) is 0.975. The Bertz CT molecular complexity index is 1020. The number of aliphatic carboxylic acids is 1. The van der Waals surface area contributed by atoms with Gasteiger partial charge < -0.3 is 10.8 Å². The van der Waals surface area contributed by atoms with E-state index in [9.17, 15) is 14.7 Å². The zero-order valence-corrected chi connectivity index (χ0v) is 13.8. The van der Waals surface area contributed by atoms with Gasteiger partial charge in [0.2, 0.25) is 0 Å². The number of rotatable bonds is 3. The van der Waals surface area contributed by atoms with Gasteiger partial charge in [-0.15, -0.1) is 0 Å². The van der Waals surface area contributed by atoms with Gasteiger partial charge in [0.05, 0.1) is 11.6 Å². The molecule has 3 heterocycles. The molecule has 1 fully saturated rings. The summed E-state index contributed by atoms with van der Waals surface area (Å²) < 4.78 is 1.58. The zero-order chi connectivity index (χ0) is 18.3. The van der Waals surface area contributed by atoms with E-state index in [1.165, 1.54) is 12.5 Å². The van der Waals surface area contributed by atoms with Crippen LogP contribution in [0.2, 0.25) is 0 Å². The Kier molecular flexibility index (Phi) is 3.86. The standard InChI is InChI=1S/C16H17N7O3/c17-13-12-14(19-7-18-13)23(9-3-1-8(2-4-9)16(25)26)15(24)11(21-12)10-5-6-20-22-10/h5-9H,1-4H2,(H,20,22)(H,25,26)(H2,17,18,19). The second kappa shape index (κ2) is 6.21. The van der Waals surface area contributed by atoms with Crippen LogP contribution in [0.1, 0.15) is 31.7 Å². The highest BCUT2D eigenvalue weighted by Gasteiger charge is 2.29. The van der Waals surface area contributed by atoms with Crippen LogP contribution >= 0.6 is 0 Å². The fraction of sp³-hybridized carbons (Fsp3) is 0.375. The summed E-state index contributed by atoms with van der Waals surface area (Å²) in [5, 5.41) is 15.8. The maximum absolute atomic E-state index is 13.1. The Morgan fingerprint density at radius 1 is 1.27 bits per heavy atom. The molecule has 1 aliphatic rings. The summed E-state index contributed by atoms with van der Waals surface area (Å²) in [6.45, 7) is 0. The summed E-state index contributed by atoms with van der Waals surface area (Å²) in [5.74, 6) is -0.981. The van der Waals surface area contributed by atoms with Gasteiger partial charge in [0.1, 0.15) is 11.8 Å². The smallest absolute Gasteiger partial charge is 0.306 e. The maximum Gasteiger partial charge on any atom is 0.306 e. The van der Waals surface area contributed by atoms with Crippen molar-refractivity contribution in [3.8, 4) is 11.4 Å². The number of H-pyrrole nitrogens is 1. The van der Waals surface area contributed by atoms with E-state index in [0.717, 1.165) is 0 Å². The Hall–Kier alpha value is -3.30. The number of nitrogens with two attached hydrogens (primary N) is 1. The minimum absolute atomic E-state index is 0.167. The molecule has 1 aliphatic carbocycles. The van der Waals surface area contributed by atoms with Crippen molar-refractivity contribution in [2.45, 2.75) is 31.7 Å². The van der Waals surface area contributed by atoms with E-state index in [4.69, 9.17) is 5.73 Å². The second-order valence-electron chi connectivity index (χ2n) is 6.38. The Morgan fingerprint density at radius 2 is 2.04 bits per heavy atom. The summed E-state index contributed by atoms with van der Waals surface area (Å²) in [6.07, 6.45) is 5.00. The minimum Gasteiger partial charge on any atom is -0.481 e. The number of fused-ring (bicyclic) bond motifs is 1. The molecule has 0 aromatic carbocycles. The molecule has 0 spiro atoms. The lowest BCUT2D eigenvalue weighted by atomic mass is 9.86. The fourth-order valence-corrected chi connectivity index (χ4v) is 3.52. The Balaban J connectivity index is 1.88. The van der Waals surface area contributed by atoms with E-state index in [1.807, 2.05) is 0 Å². The van der Waals surface area contributed by atoms with Crippen molar-refractivity contribution >= 4 is 23.0 Å². The molecule has 10 heteroatoms. The maximum atomic E-state index is 13.1. The third-order valence-electron chi connectivity index (χ3n) is 4.87. The number of nitrogens with one attached hydrogen (secondary N) is 1. The van der Waals surface area contributed by atoms with Gasteiger partial charge in [-0.1, -0.05) is 0 Å². The molecule has 1 saturated carbocycles. The number of carboxylic acids is 1. The van der Waals surface area contributed by atoms with Gasteiger partial charge in [0, 0.05) is 12.2 Å². The van der Waals surface area contributed by atoms with Crippen LogP contribution in [0.15, 0.2) is 23.4 Å². The van der Waals surface area contributed by atoms with Crippen LogP contribution in [0.4, 0.5) is 5.82 Å². The number of anilines is 1. The summed E-state index contributed by atoms with van der Waals surface area (Å²) in [5.41, 5.74) is 7.03. The number of aromatic nitrogens is 6. The zero-order valence-electron chi connectivity index (χ0n) is 13.8. The number of hydrogen-bond donors (Lipinski definition) is 3. The first kappa shape index (κ1) is 16.2. The fourth-order valence-electron chi connectivity index (χ4n) is 3.52.